The molecule has 0 aliphatic heterocycles. The highest BCUT2D eigenvalue weighted by molar-refractivity contribution is 5.71. The van der Waals surface area contributed by atoms with E-state index in [9.17, 15) is 14.4 Å². The maximum absolute atomic E-state index is 12.9. The first-order valence-electron chi connectivity index (χ1n) is 29.9. The zero-order valence-electron chi connectivity index (χ0n) is 46.3. The van der Waals surface area contributed by atoms with E-state index in [2.05, 4.69) is 93.7 Å². The number of hydrogen-bond donors (Lipinski definition) is 0. The van der Waals surface area contributed by atoms with Gasteiger partial charge in [-0.3, -0.25) is 14.4 Å². The molecule has 0 aromatic rings. The molecule has 0 bridgehead atoms. The zero-order chi connectivity index (χ0) is 50.7. The summed E-state index contributed by atoms with van der Waals surface area (Å²) in [4.78, 5) is 38.2. The van der Waals surface area contributed by atoms with E-state index in [0.29, 0.717) is 19.3 Å². The van der Waals surface area contributed by atoms with Crippen LogP contribution >= 0.6 is 0 Å². The Morgan fingerprint density at radius 3 is 0.871 bits per heavy atom. The van der Waals surface area contributed by atoms with E-state index in [-0.39, 0.29) is 31.1 Å². The average Bonchev–Trinajstić information content (AvgIpc) is 3.36. The van der Waals surface area contributed by atoms with Crippen LogP contribution in [-0.2, 0) is 28.6 Å². The molecule has 0 aromatic heterocycles. The van der Waals surface area contributed by atoms with Crippen LogP contribution in [0, 0.1) is 0 Å². The first-order valence-corrected chi connectivity index (χ1v) is 29.9. The molecule has 0 fully saturated rings. The molecular formula is C64H112O6. The molecule has 6 heteroatoms. The number of unbranched alkanes of at least 4 members (excludes halogenated alkanes) is 31. The Balaban J connectivity index is 4.39. The van der Waals surface area contributed by atoms with Gasteiger partial charge in [-0.05, 0) is 109 Å². The first kappa shape index (κ1) is 66.9. The summed E-state index contributed by atoms with van der Waals surface area (Å²) < 4.78 is 16.9. The number of allylic oxidation sites excluding steroid dienone is 12. The minimum absolute atomic E-state index is 0.0880. The predicted octanol–water partition coefficient (Wildman–Crippen LogP) is 20.2. The quantitative estimate of drug-likeness (QED) is 0.0261. The van der Waals surface area contributed by atoms with Crippen LogP contribution in [-0.4, -0.2) is 37.2 Å². The van der Waals surface area contributed by atoms with Crippen LogP contribution in [0.4, 0.5) is 0 Å². The summed E-state index contributed by atoms with van der Waals surface area (Å²) in [5.74, 6) is -0.909. The van der Waals surface area contributed by atoms with Crippen molar-refractivity contribution in [3.63, 3.8) is 0 Å². The number of ether oxygens (including phenoxy) is 3. The number of hydrogen-bond acceptors (Lipinski definition) is 6. The fourth-order valence-electron chi connectivity index (χ4n) is 8.36. The lowest BCUT2D eigenvalue weighted by molar-refractivity contribution is -0.167. The fourth-order valence-corrected chi connectivity index (χ4v) is 8.36. The lowest BCUT2D eigenvalue weighted by Gasteiger charge is -2.18. The van der Waals surface area contributed by atoms with Crippen LogP contribution in [0.25, 0.3) is 0 Å². The highest BCUT2D eigenvalue weighted by atomic mass is 16.6. The van der Waals surface area contributed by atoms with Crippen molar-refractivity contribution < 1.29 is 28.6 Å². The van der Waals surface area contributed by atoms with Gasteiger partial charge in [0, 0.05) is 19.3 Å². The minimum Gasteiger partial charge on any atom is -0.462 e. The monoisotopic (exact) mass is 977 g/mol. The van der Waals surface area contributed by atoms with Crippen LogP contribution in [0.1, 0.15) is 297 Å². The van der Waals surface area contributed by atoms with Crippen molar-refractivity contribution in [1.82, 2.24) is 0 Å². The molecule has 6 nitrogen and oxygen atoms in total. The van der Waals surface area contributed by atoms with Crippen LogP contribution in [0.5, 0.6) is 0 Å². The summed E-state index contributed by atoms with van der Waals surface area (Å²) in [6, 6.07) is 0. The molecule has 404 valence electrons. The van der Waals surface area contributed by atoms with Crippen LogP contribution in [0.15, 0.2) is 72.9 Å². The summed E-state index contributed by atoms with van der Waals surface area (Å²) >= 11 is 0. The third kappa shape index (κ3) is 55.8. The van der Waals surface area contributed by atoms with E-state index in [4.69, 9.17) is 14.2 Å². The molecule has 0 amide bonds. The van der Waals surface area contributed by atoms with E-state index in [1.54, 1.807) is 0 Å². The fraction of sp³-hybridized carbons (Fsp3) is 0.766. The van der Waals surface area contributed by atoms with Crippen molar-refractivity contribution in [1.29, 1.82) is 0 Å². The van der Waals surface area contributed by atoms with Crippen LogP contribution < -0.4 is 0 Å². The predicted molar refractivity (Wildman–Crippen MR) is 302 cm³/mol. The van der Waals surface area contributed by atoms with Gasteiger partial charge in [-0.2, -0.15) is 0 Å². The van der Waals surface area contributed by atoms with E-state index in [1.165, 1.54) is 148 Å². The summed E-state index contributed by atoms with van der Waals surface area (Å²) in [5, 5.41) is 0. The molecule has 0 spiro atoms. The SMILES string of the molecule is CCC/C=C\C/C=C\CCCCCCCC(=O)OCC(COC(=O)CCCCCCCC/C=C\C/C=C\C/C=C\CCCCCCC)OC(=O)CCCCCCCCC/C=C\CCCCCCCCC. The number of carbonyl (C=O) groups is 3. The Morgan fingerprint density at radius 2 is 0.543 bits per heavy atom. The standard InChI is InChI=1S/C64H112O6/c1-4-7-10-13-16-19-22-25-27-29-31-32-33-35-36-39-42-45-48-51-54-57-63(66)69-60-61(59-68-62(65)56-53-50-47-44-41-38-24-21-18-15-12-9-6-3)70-64(67)58-55-52-49-46-43-40-37-34-30-28-26-23-20-17-14-11-8-5-2/h12,15,21-22,24-25,28-31,33,35,61H,4-11,13-14,16-20,23,26-27,32,34,36-60H2,1-3H3/b15-12-,24-21-,25-22-,30-28-,31-29-,35-33-. The van der Waals surface area contributed by atoms with E-state index < -0.39 is 6.10 Å². The highest BCUT2D eigenvalue weighted by Gasteiger charge is 2.19. The summed E-state index contributed by atoms with van der Waals surface area (Å²) in [6.07, 6.45) is 74.6. The van der Waals surface area contributed by atoms with Crippen molar-refractivity contribution in [2.24, 2.45) is 0 Å². The van der Waals surface area contributed by atoms with Gasteiger partial charge in [-0.1, -0.05) is 241 Å². The van der Waals surface area contributed by atoms with Crippen molar-refractivity contribution in [3.05, 3.63) is 72.9 Å². The molecule has 0 aromatic carbocycles. The molecule has 1 atom stereocenters. The molecular weight excluding hydrogens is 865 g/mol. The molecule has 0 N–H and O–H groups in total. The number of rotatable bonds is 54. The van der Waals surface area contributed by atoms with Gasteiger partial charge in [0.1, 0.15) is 13.2 Å². The molecule has 1 unspecified atom stereocenters. The molecule has 0 saturated carbocycles. The lowest BCUT2D eigenvalue weighted by Crippen LogP contribution is -2.30. The first-order chi connectivity index (χ1) is 34.5. The van der Waals surface area contributed by atoms with Crippen molar-refractivity contribution >= 4 is 17.9 Å². The Morgan fingerprint density at radius 1 is 0.286 bits per heavy atom. The van der Waals surface area contributed by atoms with E-state index >= 15 is 0 Å². The second-order valence-electron chi connectivity index (χ2n) is 19.9. The van der Waals surface area contributed by atoms with Gasteiger partial charge >= 0.3 is 17.9 Å². The molecule has 0 rings (SSSR count). The summed E-state index contributed by atoms with van der Waals surface area (Å²) in [6.45, 7) is 6.56. The second-order valence-corrected chi connectivity index (χ2v) is 19.9. The smallest absolute Gasteiger partial charge is 0.306 e. The highest BCUT2D eigenvalue weighted by Crippen LogP contribution is 2.15. The molecule has 70 heavy (non-hydrogen) atoms. The Kier molecular flexibility index (Phi) is 55.8. The lowest BCUT2D eigenvalue weighted by atomic mass is 10.1. The third-order valence-corrected chi connectivity index (χ3v) is 12.9. The van der Waals surface area contributed by atoms with E-state index in [1.807, 2.05) is 0 Å². The maximum Gasteiger partial charge on any atom is 0.306 e. The van der Waals surface area contributed by atoms with Gasteiger partial charge in [0.25, 0.3) is 0 Å². The Bertz CT molecular complexity index is 1310. The second kappa shape index (κ2) is 58.4. The molecule has 0 aliphatic rings. The zero-order valence-corrected chi connectivity index (χ0v) is 46.3. The topological polar surface area (TPSA) is 78.9 Å². The molecule has 0 aliphatic carbocycles. The van der Waals surface area contributed by atoms with Gasteiger partial charge < -0.3 is 14.2 Å². The average molecular weight is 978 g/mol. The van der Waals surface area contributed by atoms with Crippen molar-refractivity contribution in [2.75, 3.05) is 13.2 Å². The number of esters is 3. The molecule has 0 radical (unpaired) electrons. The van der Waals surface area contributed by atoms with Crippen molar-refractivity contribution in [3.8, 4) is 0 Å². The maximum atomic E-state index is 12.9. The normalized spacial score (nSPS) is 12.6. The third-order valence-electron chi connectivity index (χ3n) is 12.9. The molecule has 0 heterocycles. The van der Waals surface area contributed by atoms with Gasteiger partial charge in [-0.25, -0.2) is 0 Å². The van der Waals surface area contributed by atoms with Gasteiger partial charge in [0.2, 0.25) is 0 Å². The Hall–Kier alpha value is -3.15. The Labute approximate surface area is 433 Å². The van der Waals surface area contributed by atoms with Crippen LogP contribution in [0.2, 0.25) is 0 Å². The summed E-state index contributed by atoms with van der Waals surface area (Å²) in [7, 11) is 0. The van der Waals surface area contributed by atoms with Crippen LogP contribution in [0.3, 0.4) is 0 Å². The largest absolute Gasteiger partial charge is 0.462 e. The van der Waals surface area contributed by atoms with Gasteiger partial charge in [-0.15, -0.1) is 0 Å². The number of carbonyl (C=O) groups excluding carboxylic acids is 3. The van der Waals surface area contributed by atoms with Gasteiger partial charge in [0.05, 0.1) is 0 Å². The van der Waals surface area contributed by atoms with E-state index in [0.717, 1.165) is 109 Å². The van der Waals surface area contributed by atoms with Gasteiger partial charge in [0.15, 0.2) is 6.10 Å². The minimum atomic E-state index is -0.790. The molecule has 0 saturated heterocycles. The van der Waals surface area contributed by atoms with Crippen molar-refractivity contribution in [2.45, 2.75) is 303 Å². The summed E-state index contributed by atoms with van der Waals surface area (Å²) in [5.41, 5.74) is 0.